The van der Waals surface area contributed by atoms with Crippen molar-refractivity contribution in [2.24, 2.45) is 0 Å². The topological polar surface area (TPSA) is 104 Å². The quantitative estimate of drug-likeness (QED) is 0.347. The van der Waals surface area contributed by atoms with Gasteiger partial charge >= 0.3 is 17.7 Å². The van der Waals surface area contributed by atoms with Crippen LogP contribution in [0.3, 0.4) is 0 Å². The second-order valence-electron chi connectivity index (χ2n) is 8.02. The molecule has 3 aromatic rings. The van der Waals surface area contributed by atoms with E-state index in [0.717, 1.165) is 5.56 Å². The third kappa shape index (κ3) is 6.10. The minimum Gasteiger partial charge on any atom is -0.497 e. The molecule has 0 spiro atoms. The van der Waals surface area contributed by atoms with Crippen LogP contribution in [0.15, 0.2) is 57.7 Å². The van der Waals surface area contributed by atoms with Gasteiger partial charge in [0.05, 0.1) is 13.5 Å². The summed E-state index contributed by atoms with van der Waals surface area (Å²) in [7, 11) is 1.58. The standard InChI is InChI=1S/C24H25NO7/c1-24(2,3)32-23(28)25-12-11-21(26)30-17-9-10-18-19(14-22(27)31-20(18)13-17)15-5-7-16(29-4)8-6-15/h5-10,13-14H,11-12H2,1-4H3,(H,25,28). The van der Waals surface area contributed by atoms with Gasteiger partial charge in [-0.1, -0.05) is 12.1 Å². The van der Waals surface area contributed by atoms with Gasteiger partial charge in [0, 0.05) is 24.1 Å². The molecule has 0 unspecified atom stereocenters. The molecule has 8 heteroatoms. The Balaban J connectivity index is 1.70. The lowest BCUT2D eigenvalue weighted by Gasteiger charge is -2.19. The lowest BCUT2D eigenvalue weighted by atomic mass is 10.0. The minimum atomic E-state index is -0.621. The molecule has 0 saturated heterocycles. The Bertz CT molecular complexity index is 1170. The molecule has 0 bridgehead atoms. The summed E-state index contributed by atoms with van der Waals surface area (Å²) in [5, 5.41) is 3.19. The minimum absolute atomic E-state index is 0.0485. The molecule has 1 aromatic heterocycles. The molecule has 1 heterocycles. The molecule has 168 valence electrons. The maximum absolute atomic E-state index is 12.1. The molecular formula is C24H25NO7. The number of ether oxygens (including phenoxy) is 3. The van der Waals surface area contributed by atoms with Crippen LogP contribution in [0.2, 0.25) is 0 Å². The first-order valence-corrected chi connectivity index (χ1v) is 10.0. The van der Waals surface area contributed by atoms with Crippen molar-refractivity contribution in [1.29, 1.82) is 0 Å². The maximum Gasteiger partial charge on any atom is 0.407 e. The van der Waals surface area contributed by atoms with Crippen molar-refractivity contribution in [2.45, 2.75) is 32.8 Å². The summed E-state index contributed by atoms with van der Waals surface area (Å²) in [5.41, 5.74) is 0.665. The molecule has 1 amide bonds. The highest BCUT2D eigenvalue weighted by atomic mass is 16.6. The van der Waals surface area contributed by atoms with Crippen LogP contribution in [0.5, 0.6) is 11.5 Å². The molecule has 0 aliphatic carbocycles. The van der Waals surface area contributed by atoms with Crippen LogP contribution in [0.25, 0.3) is 22.1 Å². The SMILES string of the molecule is COc1ccc(-c2cc(=O)oc3cc(OC(=O)CCNC(=O)OC(C)(C)C)ccc23)cc1. The van der Waals surface area contributed by atoms with Gasteiger partial charge in [0.1, 0.15) is 22.7 Å². The van der Waals surface area contributed by atoms with Gasteiger partial charge < -0.3 is 23.9 Å². The van der Waals surface area contributed by atoms with E-state index in [1.165, 1.54) is 12.1 Å². The number of carbonyl (C=O) groups excluding carboxylic acids is 2. The first kappa shape index (κ1) is 22.9. The number of methoxy groups -OCH3 is 1. The van der Waals surface area contributed by atoms with E-state index in [0.29, 0.717) is 22.3 Å². The van der Waals surface area contributed by atoms with Crippen LogP contribution in [0.1, 0.15) is 27.2 Å². The zero-order chi connectivity index (χ0) is 23.3. The second kappa shape index (κ2) is 9.55. The lowest BCUT2D eigenvalue weighted by Crippen LogP contribution is -2.34. The third-order valence-corrected chi connectivity index (χ3v) is 4.35. The summed E-state index contributed by atoms with van der Waals surface area (Å²) in [5.74, 6) is 0.389. The van der Waals surface area contributed by atoms with Gasteiger partial charge in [0.2, 0.25) is 0 Å². The van der Waals surface area contributed by atoms with Crippen molar-refractivity contribution >= 4 is 23.0 Å². The molecular weight excluding hydrogens is 414 g/mol. The van der Waals surface area contributed by atoms with Gasteiger partial charge in [-0.15, -0.1) is 0 Å². The summed E-state index contributed by atoms with van der Waals surface area (Å²) in [6, 6.07) is 13.5. The molecule has 0 radical (unpaired) electrons. The molecule has 0 saturated carbocycles. The number of alkyl carbamates (subject to hydrolysis) is 1. The molecule has 2 aromatic carbocycles. The zero-order valence-corrected chi connectivity index (χ0v) is 18.4. The predicted octanol–water partition coefficient (Wildman–Crippen LogP) is 4.29. The van der Waals surface area contributed by atoms with Crippen LogP contribution in [-0.2, 0) is 9.53 Å². The Labute approximate surface area is 185 Å². The van der Waals surface area contributed by atoms with E-state index in [2.05, 4.69) is 5.32 Å². The summed E-state index contributed by atoms with van der Waals surface area (Å²) in [6.45, 7) is 5.31. The molecule has 32 heavy (non-hydrogen) atoms. The normalized spacial score (nSPS) is 11.1. The fraction of sp³-hybridized carbons (Fsp3) is 0.292. The van der Waals surface area contributed by atoms with Crippen molar-refractivity contribution in [1.82, 2.24) is 5.32 Å². The fourth-order valence-electron chi connectivity index (χ4n) is 2.98. The number of hydrogen-bond donors (Lipinski definition) is 1. The number of carbonyl (C=O) groups is 2. The van der Waals surface area contributed by atoms with Crippen molar-refractivity contribution < 1.29 is 28.2 Å². The molecule has 1 N–H and O–H groups in total. The van der Waals surface area contributed by atoms with E-state index in [1.807, 2.05) is 12.1 Å². The number of fused-ring (bicyclic) bond motifs is 1. The lowest BCUT2D eigenvalue weighted by molar-refractivity contribution is -0.134. The zero-order valence-electron chi connectivity index (χ0n) is 18.4. The van der Waals surface area contributed by atoms with E-state index in [4.69, 9.17) is 18.6 Å². The summed E-state index contributed by atoms with van der Waals surface area (Å²) in [4.78, 5) is 35.8. The van der Waals surface area contributed by atoms with Crippen LogP contribution >= 0.6 is 0 Å². The van der Waals surface area contributed by atoms with Gasteiger partial charge in [0.15, 0.2) is 0 Å². The smallest absolute Gasteiger partial charge is 0.407 e. The highest BCUT2D eigenvalue weighted by Gasteiger charge is 2.16. The fourth-order valence-corrected chi connectivity index (χ4v) is 2.98. The Hall–Kier alpha value is -3.81. The summed E-state index contributed by atoms with van der Waals surface area (Å²) in [6.07, 6.45) is -0.656. The van der Waals surface area contributed by atoms with Gasteiger partial charge in [-0.3, -0.25) is 4.79 Å². The Morgan fingerprint density at radius 1 is 1.00 bits per heavy atom. The first-order chi connectivity index (χ1) is 15.1. The van der Waals surface area contributed by atoms with Crippen LogP contribution in [0, 0.1) is 0 Å². The van der Waals surface area contributed by atoms with Gasteiger partial charge in [-0.25, -0.2) is 9.59 Å². The van der Waals surface area contributed by atoms with E-state index in [9.17, 15) is 14.4 Å². The highest BCUT2D eigenvalue weighted by Crippen LogP contribution is 2.30. The number of rotatable bonds is 6. The maximum atomic E-state index is 12.1. The number of nitrogens with one attached hydrogen (secondary N) is 1. The van der Waals surface area contributed by atoms with E-state index >= 15 is 0 Å². The van der Waals surface area contributed by atoms with Crippen LogP contribution in [-0.4, -0.2) is 31.3 Å². The molecule has 0 fully saturated rings. The third-order valence-electron chi connectivity index (χ3n) is 4.35. The summed E-state index contributed by atoms with van der Waals surface area (Å²) < 4.78 is 20.9. The van der Waals surface area contributed by atoms with E-state index in [-0.39, 0.29) is 18.7 Å². The summed E-state index contributed by atoms with van der Waals surface area (Å²) >= 11 is 0. The van der Waals surface area contributed by atoms with Crippen LogP contribution in [0.4, 0.5) is 4.79 Å². The van der Waals surface area contributed by atoms with Gasteiger partial charge in [-0.05, 0) is 56.2 Å². The number of amides is 1. The average molecular weight is 439 g/mol. The van der Waals surface area contributed by atoms with Gasteiger partial charge in [-0.2, -0.15) is 0 Å². The molecule has 3 rings (SSSR count). The average Bonchev–Trinajstić information content (AvgIpc) is 2.71. The number of hydrogen-bond acceptors (Lipinski definition) is 7. The van der Waals surface area contributed by atoms with Crippen molar-refractivity contribution in [3.05, 3.63) is 59.0 Å². The second-order valence-corrected chi connectivity index (χ2v) is 8.02. The van der Waals surface area contributed by atoms with Crippen molar-refractivity contribution in [2.75, 3.05) is 13.7 Å². The van der Waals surface area contributed by atoms with E-state index < -0.39 is 23.3 Å². The highest BCUT2D eigenvalue weighted by molar-refractivity contribution is 5.94. The largest absolute Gasteiger partial charge is 0.497 e. The van der Waals surface area contributed by atoms with Crippen molar-refractivity contribution in [3.63, 3.8) is 0 Å². The molecule has 0 aliphatic rings. The molecule has 0 aliphatic heterocycles. The Morgan fingerprint density at radius 3 is 2.34 bits per heavy atom. The van der Waals surface area contributed by atoms with E-state index in [1.54, 1.807) is 52.1 Å². The molecule has 8 nitrogen and oxygen atoms in total. The van der Waals surface area contributed by atoms with Gasteiger partial charge in [0.25, 0.3) is 0 Å². The molecule has 0 atom stereocenters. The first-order valence-electron chi connectivity index (χ1n) is 10.0. The predicted molar refractivity (Wildman–Crippen MR) is 119 cm³/mol. The van der Waals surface area contributed by atoms with Crippen LogP contribution < -0.4 is 20.4 Å². The number of esters is 1. The number of benzene rings is 2. The monoisotopic (exact) mass is 439 g/mol. The van der Waals surface area contributed by atoms with Crippen molar-refractivity contribution in [3.8, 4) is 22.6 Å². The Kier molecular flexibility index (Phi) is 6.82. The Morgan fingerprint density at radius 2 is 1.69 bits per heavy atom.